The number of nitro groups is 1. The van der Waals surface area contributed by atoms with Crippen molar-refractivity contribution in [1.29, 1.82) is 0 Å². The standard InChI is InChI=1S/C23H25Cl2FN4O3/c24-16-5-6-17(18(25)13-16)23(31)29-11-9-28(10-12-29)21-15-20(19(26)14-22(21)30(32)33)27-7-3-1-2-4-8-27/h5-6,13-15H,1-4,7-12H2. The summed E-state index contributed by atoms with van der Waals surface area (Å²) in [5.41, 5.74) is 0.901. The van der Waals surface area contributed by atoms with Gasteiger partial charge in [-0.1, -0.05) is 36.0 Å². The van der Waals surface area contributed by atoms with Crippen molar-refractivity contribution < 1.29 is 14.1 Å². The molecule has 0 unspecified atom stereocenters. The first-order valence-corrected chi connectivity index (χ1v) is 11.8. The second kappa shape index (κ2) is 10.1. The zero-order valence-electron chi connectivity index (χ0n) is 18.1. The van der Waals surface area contributed by atoms with Crippen molar-refractivity contribution in [3.05, 3.63) is 61.9 Å². The molecule has 2 aromatic rings. The summed E-state index contributed by atoms with van der Waals surface area (Å²) in [5, 5.41) is 12.4. The van der Waals surface area contributed by atoms with Gasteiger partial charge in [0.1, 0.15) is 5.69 Å². The Balaban J connectivity index is 1.54. The van der Waals surface area contributed by atoms with Crippen LogP contribution in [0.15, 0.2) is 30.3 Å². The quantitative estimate of drug-likeness (QED) is 0.421. The van der Waals surface area contributed by atoms with E-state index in [2.05, 4.69) is 0 Å². The summed E-state index contributed by atoms with van der Waals surface area (Å²) in [6.07, 6.45) is 4.15. The van der Waals surface area contributed by atoms with Crippen molar-refractivity contribution in [2.75, 3.05) is 49.1 Å². The second-order valence-electron chi connectivity index (χ2n) is 8.35. The Morgan fingerprint density at radius 2 is 1.52 bits per heavy atom. The van der Waals surface area contributed by atoms with E-state index in [1.807, 2.05) is 9.80 Å². The first-order valence-electron chi connectivity index (χ1n) is 11.1. The highest BCUT2D eigenvalue weighted by Crippen LogP contribution is 2.36. The van der Waals surface area contributed by atoms with E-state index in [0.29, 0.717) is 48.1 Å². The molecule has 2 fully saturated rings. The molecule has 0 bridgehead atoms. The number of hydrogen-bond acceptors (Lipinski definition) is 5. The Kier molecular flexibility index (Phi) is 7.24. The van der Waals surface area contributed by atoms with Gasteiger partial charge in [0.2, 0.25) is 0 Å². The van der Waals surface area contributed by atoms with E-state index in [1.165, 1.54) is 6.07 Å². The molecule has 0 aromatic heterocycles. The van der Waals surface area contributed by atoms with Crippen molar-refractivity contribution in [2.45, 2.75) is 25.7 Å². The third-order valence-corrected chi connectivity index (χ3v) is 6.80. The number of anilines is 2. The van der Waals surface area contributed by atoms with E-state index in [9.17, 15) is 19.3 Å². The van der Waals surface area contributed by atoms with E-state index in [1.54, 1.807) is 23.1 Å². The lowest BCUT2D eigenvalue weighted by Gasteiger charge is -2.36. The molecule has 7 nitrogen and oxygen atoms in total. The monoisotopic (exact) mass is 494 g/mol. The summed E-state index contributed by atoms with van der Waals surface area (Å²) in [6.45, 7) is 2.99. The van der Waals surface area contributed by atoms with Gasteiger partial charge in [-0.05, 0) is 37.1 Å². The molecule has 176 valence electrons. The number of nitrogens with zero attached hydrogens (tertiary/aromatic N) is 4. The zero-order valence-corrected chi connectivity index (χ0v) is 19.6. The van der Waals surface area contributed by atoms with E-state index in [-0.39, 0.29) is 16.6 Å². The predicted octanol–water partition coefficient (Wildman–Crippen LogP) is 5.38. The molecule has 0 radical (unpaired) electrons. The van der Waals surface area contributed by atoms with Gasteiger partial charge in [0, 0.05) is 44.3 Å². The molecular weight excluding hydrogens is 470 g/mol. The van der Waals surface area contributed by atoms with Crippen molar-refractivity contribution in [1.82, 2.24) is 4.90 Å². The highest BCUT2D eigenvalue weighted by molar-refractivity contribution is 6.36. The summed E-state index contributed by atoms with van der Waals surface area (Å²) in [7, 11) is 0. The number of piperazine rings is 1. The van der Waals surface area contributed by atoms with Gasteiger partial charge < -0.3 is 14.7 Å². The Morgan fingerprint density at radius 1 is 0.879 bits per heavy atom. The van der Waals surface area contributed by atoms with Gasteiger partial charge in [-0.2, -0.15) is 0 Å². The topological polar surface area (TPSA) is 69.9 Å². The maximum Gasteiger partial charge on any atom is 0.295 e. The number of carbonyl (C=O) groups is 1. The minimum atomic E-state index is -0.571. The van der Waals surface area contributed by atoms with Crippen LogP contribution in [0.3, 0.4) is 0 Å². The number of benzene rings is 2. The average molecular weight is 495 g/mol. The highest BCUT2D eigenvalue weighted by Gasteiger charge is 2.29. The van der Waals surface area contributed by atoms with Crippen LogP contribution in [0.2, 0.25) is 10.0 Å². The number of rotatable bonds is 4. The molecule has 2 aliphatic heterocycles. The molecule has 33 heavy (non-hydrogen) atoms. The molecule has 4 rings (SSSR count). The van der Waals surface area contributed by atoms with Crippen molar-refractivity contribution in [3.8, 4) is 0 Å². The van der Waals surface area contributed by atoms with Crippen LogP contribution in [-0.2, 0) is 0 Å². The van der Waals surface area contributed by atoms with Crippen LogP contribution in [0.4, 0.5) is 21.5 Å². The summed E-state index contributed by atoms with van der Waals surface area (Å²) in [5.74, 6) is -0.784. The van der Waals surface area contributed by atoms with Gasteiger partial charge in [0.15, 0.2) is 5.82 Å². The highest BCUT2D eigenvalue weighted by atomic mass is 35.5. The Hall–Kier alpha value is -2.58. The Morgan fingerprint density at radius 3 is 2.12 bits per heavy atom. The molecule has 2 aromatic carbocycles. The van der Waals surface area contributed by atoms with E-state index >= 15 is 0 Å². The second-order valence-corrected chi connectivity index (χ2v) is 9.20. The maximum absolute atomic E-state index is 14.9. The predicted molar refractivity (Wildman–Crippen MR) is 128 cm³/mol. The van der Waals surface area contributed by atoms with Crippen molar-refractivity contribution in [3.63, 3.8) is 0 Å². The normalized spacial score (nSPS) is 17.1. The lowest BCUT2D eigenvalue weighted by atomic mass is 10.1. The lowest BCUT2D eigenvalue weighted by molar-refractivity contribution is -0.384. The van der Waals surface area contributed by atoms with Crippen LogP contribution in [0.25, 0.3) is 0 Å². The van der Waals surface area contributed by atoms with Gasteiger partial charge >= 0.3 is 0 Å². The largest absolute Gasteiger partial charge is 0.369 e. The van der Waals surface area contributed by atoms with Crippen LogP contribution in [-0.4, -0.2) is 55.0 Å². The van der Waals surface area contributed by atoms with Crippen LogP contribution in [0.5, 0.6) is 0 Å². The summed E-state index contributed by atoms with van der Waals surface area (Å²) in [6, 6.07) is 7.37. The number of nitro benzene ring substituents is 1. The van der Waals surface area contributed by atoms with Gasteiger partial charge in [-0.3, -0.25) is 14.9 Å². The van der Waals surface area contributed by atoms with E-state index in [0.717, 1.165) is 44.8 Å². The Bertz CT molecular complexity index is 1050. The number of carbonyl (C=O) groups excluding carboxylic acids is 1. The Labute approximate surface area is 201 Å². The van der Waals surface area contributed by atoms with Crippen LogP contribution in [0.1, 0.15) is 36.0 Å². The first-order chi connectivity index (χ1) is 15.8. The van der Waals surface area contributed by atoms with Crippen LogP contribution >= 0.6 is 23.2 Å². The molecule has 2 aliphatic rings. The van der Waals surface area contributed by atoms with E-state index in [4.69, 9.17) is 23.2 Å². The van der Waals surface area contributed by atoms with Crippen LogP contribution < -0.4 is 9.80 Å². The molecule has 1 amide bonds. The molecular formula is C23H25Cl2FN4O3. The molecule has 0 spiro atoms. The SMILES string of the molecule is O=C(c1ccc(Cl)cc1Cl)N1CCN(c2cc(N3CCCCCC3)c(F)cc2[N+](=O)[O-])CC1. The lowest BCUT2D eigenvalue weighted by Crippen LogP contribution is -2.49. The molecule has 0 saturated carbocycles. The van der Waals surface area contributed by atoms with Gasteiger partial charge in [-0.15, -0.1) is 0 Å². The van der Waals surface area contributed by atoms with Crippen LogP contribution in [0, 0.1) is 15.9 Å². The third kappa shape index (κ3) is 5.17. The number of hydrogen-bond donors (Lipinski definition) is 0. The first kappa shape index (κ1) is 23.6. The van der Waals surface area contributed by atoms with Gasteiger partial charge in [0.05, 0.1) is 27.3 Å². The molecule has 10 heteroatoms. The number of amides is 1. The third-order valence-electron chi connectivity index (χ3n) is 6.26. The number of halogens is 3. The summed E-state index contributed by atoms with van der Waals surface area (Å²) >= 11 is 12.1. The zero-order chi connectivity index (χ0) is 23.5. The molecule has 0 atom stereocenters. The smallest absolute Gasteiger partial charge is 0.295 e. The van der Waals surface area contributed by atoms with Crippen molar-refractivity contribution in [2.24, 2.45) is 0 Å². The van der Waals surface area contributed by atoms with Gasteiger partial charge in [0.25, 0.3) is 11.6 Å². The molecule has 0 aliphatic carbocycles. The molecule has 0 N–H and O–H groups in total. The summed E-state index contributed by atoms with van der Waals surface area (Å²) < 4.78 is 14.9. The fourth-order valence-electron chi connectivity index (χ4n) is 4.48. The average Bonchev–Trinajstić information content (AvgIpc) is 3.08. The van der Waals surface area contributed by atoms with Crippen molar-refractivity contribution >= 4 is 46.2 Å². The summed E-state index contributed by atoms with van der Waals surface area (Å²) in [4.78, 5) is 29.5. The molecule has 2 heterocycles. The van der Waals surface area contributed by atoms with E-state index < -0.39 is 10.7 Å². The molecule has 2 saturated heterocycles. The van der Waals surface area contributed by atoms with Gasteiger partial charge in [-0.25, -0.2) is 4.39 Å². The maximum atomic E-state index is 14.9. The fourth-order valence-corrected chi connectivity index (χ4v) is 4.97. The fraction of sp³-hybridized carbons (Fsp3) is 0.435. The minimum Gasteiger partial charge on any atom is -0.369 e. The minimum absolute atomic E-state index is 0.213.